The number of carbonyl (C=O) groups is 2. The standard InChI is InChI=1S/C19H17BrN2O4S/c20-16-8-6-12(26-16)7-9-18(24)25-11-17(23)22-19-14(10-21)13-4-2-1-3-5-15(13)27-19/h6-9H,1-5,11H2,(H,22,23). The van der Waals surface area contributed by atoms with Gasteiger partial charge in [0.1, 0.15) is 16.8 Å². The Hall–Kier alpha value is -2.37. The Labute approximate surface area is 168 Å². The van der Waals surface area contributed by atoms with Crippen LogP contribution in [0.25, 0.3) is 6.08 Å². The molecule has 1 amide bonds. The minimum Gasteiger partial charge on any atom is -0.452 e. The molecule has 0 spiro atoms. The van der Waals surface area contributed by atoms with Crippen molar-refractivity contribution in [3.05, 3.63) is 44.6 Å². The fraction of sp³-hybridized carbons (Fsp3) is 0.316. The fourth-order valence-corrected chi connectivity index (χ4v) is 4.44. The number of thiophene rings is 1. The van der Waals surface area contributed by atoms with Crippen LogP contribution in [0, 0.1) is 11.3 Å². The zero-order valence-corrected chi connectivity index (χ0v) is 16.8. The first-order valence-electron chi connectivity index (χ1n) is 8.51. The van der Waals surface area contributed by atoms with Crippen molar-refractivity contribution in [1.29, 1.82) is 5.26 Å². The first kappa shape index (κ1) is 19.4. The lowest BCUT2D eigenvalue weighted by Crippen LogP contribution is -2.20. The number of hydrogen-bond donors (Lipinski definition) is 1. The molecular formula is C19H17BrN2O4S. The summed E-state index contributed by atoms with van der Waals surface area (Å²) >= 11 is 4.61. The molecule has 1 aliphatic rings. The lowest BCUT2D eigenvalue weighted by Gasteiger charge is -2.04. The molecule has 0 fully saturated rings. The number of ether oxygens (including phenoxy) is 1. The average Bonchev–Trinajstić information content (AvgIpc) is 3.13. The van der Waals surface area contributed by atoms with Crippen molar-refractivity contribution in [2.75, 3.05) is 11.9 Å². The maximum Gasteiger partial charge on any atom is 0.331 e. The molecule has 0 saturated carbocycles. The number of rotatable bonds is 5. The molecule has 0 aromatic carbocycles. The first-order valence-corrected chi connectivity index (χ1v) is 10.1. The van der Waals surface area contributed by atoms with Gasteiger partial charge in [-0.2, -0.15) is 5.26 Å². The van der Waals surface area contributed by atoms with Gasteiger partial charge in [0.2, 0.25) is 0 Å². The van der Waals surface area contributed by atoms with Gasteiger partial charge >= 0.3 is 5.97 Å². The van der Waals surface area contributed by atoms with E-state index in [0.29, 0.717) is 21.0 Å². The van der Waals surface area contributed by atoms with Gasteiger partial charge < -0.3 is 14.5 Å². The van der Waals surface area contributed by atoms with Crippen molar-refractivity contribution in [3.63, 3.8) is 0 Å². The van der Waals surface area contributed by atoms with Crippen LogP contribution in [0.5, 0.6) is 0 Å². The molecular weight excluding hydrogens is 432 g/mol. The van der Waals surface area contributed by atoms with Gasteiger partial charge in [-0.3, -0.25) is 4.79 Å². The highest BCUT2D eigenvalue weighted by Crippen LogP contribution is 2.36. The smallest absolute Gasteiger partial charge is 0.331 e. The summed E-state index contributed by atoms with van der Waals surface area (Å²) in [6, 6.07) is 5.59. The Balaban J connectivity index is 1.56. The van der Waals surface area contributed by atoms with Crippen molar-refractivity contribution in [2.45, 2.75) is 32.1 Å². The molecule has 0 radical (unpaired) electrons. The Morgan fingerprint density at radius 3 is 2.89 bits per heavy atom. The number of nitrogens with one attached hydrogen (secondary N) is 1. The third-order valence-electron chi connectivity index (χ3n) is 4.11. The van der Waals surface area contributed by atoms with Gasteiger partial charge in [-0.05, 0) is 65.4 Å². The minimum absolute atomic E-state index is 0.418. The van der Waals surface area contributed by atoms with E-state index in [1.54, 1.807) is 12.1 Å². The van der Waals surface area contributed by atoms with E-state index >= 15 is 0 Å². The van der Waals surface area contributed by atoms with E-state index in [1.807, 2.05) is 0 Å². The number of fused-ring (bicyclic) bond motifs is 1. The minimum atomic E-state index is -0.653. The normalized spacial score (nSPS) is 13.6. The molecule has 1 aliphatic carbocycles. The number of amides is 1. The summed E-state index contributed by atoms with van der Waals surface area (Å²) < 4.78 is 10.7. The number of esters is 1. The Kier molecular flexibility index (Phi) is 6.48. The van der Waals surface area contributed by atoms with Gasteiger partial charge in [-0.15, -0.1) is 11.3 Å². The highest BCUT2D eigenvalue weighted by molar-refractivity contribution is 9.10. The topological polar surface area (TPSA) is 92.3 Å². The molecule has 0 aliphatic heterocycles. The molecule has 2 heterocycles. The van der Waals surface area contributed by atoms with Gasteiger partial charge in [0.25, 0.3) is 5.91 Å². The number of nitrogens with zero attached hydrogens (tertiary/aromatic N) is 1. The maximum atomic E-state index is 12.1. The molecule has 8 heteroatoms. The van der Waals surface area contributed by atoms with Gasteiger partial charge in [-0.1, -0.05) is 6.42 Å². The summed E-state index contributed by atoms with van der Waals surface area (Å²) in [6.45, 7) is -0.418. The summed E-state index contributed by atoms with van der Waals surface area (Å²) in [6.07, 6.45) is 7.76. The van der Waals surface area contributed by atoms with Crippen LogP contribution in [0.2, 0.25) is 0 Å². The van der Waals surface area contributed by atoms with Gasteiger partial charge in [0.15, 0.2) is 11.3 Å². The van der Waals surface area contributed by atoms with Gasteiger partial charge in [0, 0.05) is 11.0 Å². The molecule has 0 bridgehead atoms. The molecule has 1 N–H and O–H groups in total. The van der Waals surface area contributed by atoms with Crippen LogP contribution in [0.1, 0.15) is 41.0 Å². The lowest BCUT2D eigenvalue weighted by molar-refractivity contribution is -0.142. The van der Waals surface area contributed by atoms with Crippen LogP contribution in [0.15, 0.2) is 27.3 Å². The van der Waals surface area contributed by atoms with Crippen LogP contribution in [0.4, 0.5) is 5.00 Å². The third kappa shape index (κ3) is 5.08. The second kappa shape index (κ2) is 9.02. The highest BCUT2D eigenvalue weighted by Gasteiger charge is 2.21. The van der Waals surface area contributed by atoms with Gasteiger partial charge in [-0.25, -0.2) is 4.79 Å². The number of halogens is 1. The number of aryl methyl sites for hydroxylation is 1. The van der Waals surface area contributed by atoms with Crippen LogP contribution in [-0.2, 0) is 27.2 Å². The molecule has 2 aromatic heterocycles. The van der Waals surface area contributed by atoms with Crippen molar-refractivity contribution < 1.29 is 18.7 Å². The zero-order chi connectivity index (χ0) is 19.2. The number of carbonyl (C=O) groups excluding carboxylic acids is 2. The highest BCUT2D eigenvalue weighted by atomic mass is 79.9. The van der Waals surface area contributed by atoms with E-state index in [4.69, 9.17) is 9.15 Å². The second-order valence-corrected chi connectivity index (χ2v) is 7.90. The number of nitriles is 1. The van der Waals surface area contributed by atoms with Crippen LogP contribution in [0.3, 0.4) is 0 Å². The quantitative estimate of drug-likeness (QED) is 0.414. The fourth-order valence-electron chi connectivity index (χ4n) is 2.86. The molecule has 140 valence electrons. The van der Waals surface area contributed by atoms with E-state index < -0.39 is 18.5 Å². The predicted octanol–water partition coefficient (Wildman–Crippen LogP) is 4.44. The van der Waals surface area contributed by atoms with Crippen molar-refractivity contribution in [3.8, 4) is 6.07 Å². The molecule has 0 unspecified atom stereocenters. The Morgan fingerprint density at radius 1 is 1.33 bits per heavy atom. The van der Waals surface area contributed by atoms with Gasteiger partial charge in [0.05, 0.1) is 5.56 Å². The summed E-state index contributed by atoms with van der Waals surface area (Å²) in [5.41, 5.74) is 1.60. The first-order chi connectivity index (χ1) is 13.1. The zero-order valence-electron chi connectivity index (χ0n) is 14.4. The Morgan fingerprint density at radius 2 is 2.15 bits per heavy atom. The molecule has 3 rings (SSSR count). The second-order valence-electron chi connectivity index (χ2n) is 6.01. The number of furan rings is 1. The third-order valence-corrected chi connectivity index (χ3v) is 5.74. The molecule has 0 atom stereocenters. The maximum absolute atomic E-state index is 12.1. The molecule has 6 nitrogen and oxygen atoms in total. The summed E-state index contributed by atoms with van der Waals surface area (Å²) in [5, 5.41) is 12.7. The SMILES string of the molecule is N#Cc1c(NC(=O)COC(=O)C=Cc2ccc(Br)o2)sc2c1CCCCC2. The van der Waals surface area contributed by atoms with E-state index in [-0.39, 0.29) is 0 Å². The number of hydrogen-bond acceptors (Lipinski definition) is 6. The molecule has 0 saturated heterocycles. The predicted molar refractivity (Wildman–Crippen MR) is 105 cm³/mol. The molecule has 2 aromatic rings. The van der Waals surface area contributed by atoms with E-state index in [1.165, 1.54) is 28.4 Å². The van der Waals surface area contributed by atoms with Crippen LogP contribution >= 0.6 is 27.3 Å². The number of anilines is 1. The lowest BCUT2D eigenvalue weighted by atomic mass is 10.1. The largest absolute Gasteiger partial charge is 0.452 e. The average molecular weight is 449 g/mol. The van der Waals surface area contributed by atoms with E-state index in [2.05, 4.69) is 27.3 Å². The van der Waals surface area contributed by atoms with Crippen LogP contribution < -0.4 is 5.32 Å². The Bertz CT molecular complexity index is 923. The monoisotopic (exact) mass is 448 g/mol. The summed E-state index contributed by atoms with van der Waals surface area (Å²) in [5.74, 6) is -0.632. The molecule has 27 heavy (non-hydrogen) atoms. The summed E-state index contributed by atoms with van der Waals surface area (Å²) in [4.78, 5) is 25.0. The van der Waals surface area contributed by atoms with Crippen molar-refractivity contribution >= 4 is 50.2 Å². The summed E-state index contributed by atoms with van der Waals surface area (Å²) in [7, 11) is 0. The van der Waals surface area contributed by atoms with Crippen LogP contribution in [-0.4, -0.2) is 18.5 Å². The van der Waals surface area contributed by atoms with Crippen molar-refractivity contribution in [2.24, 2.45) is 0 Å². The van der Waals surface area contributed by atoms with E-state index in [0.717, 1.165) is 37.7 Å². The van der Waals surface area contributed by atoms with E-state index in [9.17, 15) is 14.9 Å². The van der Waals surface area contributed by atoms with Crippen molar-refractivity contribution in [1.82, 2.24) is 0 Å².